The second-order valence-electron chi connectivity index (χ2n) is 27.4. The van der Waals surface area contributed by atoms with E-state index >= 15 is 0 Å². The number of rotatable bonds is 3. The van der Waals surface area contributed by atoms with Crippen molar-refractivity contribution >= 4 is 124 Å². The lowest BCUT2D eigenvalue weighted by atomic mass is 9.81. The molecule has 0 spiro atoms. The van der Waals surface area contributed by atoms with Gasteiger partial charge in [0.2, 0.25) is 0 Å². The average molecular weight is 1270 g/mol. The van der Waals surface area contributed by atoms with Gasteiger partial charge in [-0.1, -0.05) is 289 Å². The summed E-state index contributed by atoms with van der Waals surface area (Å²) < 4.78 is 3.65. The molecule has 0 saturated carbocycles. The number of hydrogen-bond acceptors (Lipinski definition) is 0. The zero-order valence-electron chi connectivity index (χ0n) is 54.2. The molecule has 94 heavy (non-hydrogen) atoms. The average Bonchev–Trinajstić information content (AvgIpc) is 1.51. The zero-order chi connectivity index (χ0) is 63.6. The first-order valence-electron chi connectivity index (χ1n) is 33.7. The van der Waals surface area contributed by atoms with Gasteiger partial charge in [-0.15, -0.1) is 0 Å². The Hall–Kier alpha value is -10.1. The van der Waals surface area contributed by atoms with Crippen molar-refractivity contribution in [2.24, 2.45) is 0 Å². The van der Waals surface area contributed by atoms with E-state index in [1.807, 2.05) is 0 Å². The van der Waals surface area contributed by atoms with Crippen molar-refractivity contribution in [3.05, 3.63) is 317 Å². The fourth-order valence-corrected chi connectivity index (χ4v) is 16.9. The van der Waals surface area contributed by atoms with E-state index in [0.717, 1.165) is 10.9 Å². The molecule has 0 N–H and O–H groups in total. The topological polar surface area (TPSA) is 4.93 Å². The van der Waals surface area contributed by atoms with E-state index in [4.69, 9.17) is 0 Å². The van der Waals surface area contributed by atoms with Gasteiger partial charge in [0, 0.05) is 31.8 Å². The van der Waals surface area contributed by atoms with Crippen molar-refractivity contribution in [2.45, 2.75) is 78.1 Å². The quantitative estimate of drug-likeness (QED) is 0.155. The summed E-state index contributed by atoms with van der Waals surface area (Å²) in [5, 5.41) is 23.6. The number of unbranched alkanes of at least 4 members (excludes halogenated alkanes) is 2. The van der Waals surface area contributed by atoms with E-state index < -0.39 is 0 Å². The van der Waals surface area contributed by atoms with Crippen LogP contribution in [-0.4, -0.2) is 4.57 Å². The van der Waals surface area contributed by atoms with Crippen LogP contribution in [0.25, 0.3) is 147 Å². The Bertz CT molecular complexity index is 5970. The summed E-state index contributed by atoms with van der Waals surface area (Å²) in [6.45, 7) is 13.9. The molecule has 1 heterocycles. The number of aromatic nitrogens is 1. The maximum atomic E-state index is 3.43. The van der Waals surface area contributed by atoms with E-state index in [2.05, 4.69) is 341 Å². The Morgan fingerprint density at radius 2 is 0.670 bits per heavy atom. The molecule has 0 atom stereocenters. The van der Waals surface area contributed by atoms with Crippen molar-refractivity contribution in [1.29, 1.82) is 0 Å². The summed E-state index contributed by atoms with van der Waals surface area (Å²) in [6.07, 6.45) is 5.09. The third-order valence-electron chi connectivity index (χ3n) is 21.2. The highest BCUT2D eigenvalue weighted by atomic mass is 79.9. The lowest BCUT2D eigenvalue weighted by molar-refractivity contribution is 0.659. The molecular weight excluding hydrogens is 1200 g/mol. The minimum atomic E-state index is -0.0676. The number of benzene rings is 16. The SMILES string of the molecule is Brc1ccc2ccccc2c1.CC1(C)c2ccccc2-c2cc3c(cc21)Cc1cc2c4ccccc4c4ccccc4c2cc1-3.CC1(C)c2ccccc2-c2cc3c4cc5c6ccccc6c6ccccc6c5cc4n(-c4ccc5ccccc5c4)c3cc21.CCCCC. The molecule has 0 radical (unpaired) electrons. The van der Waals surface area contributed by atoms with Gasteiger partial charge >= 0.3 is 0 Å². The van der Waals surface area contributed by atoms with Crippen LogP contribution in [0.5, 0.6) is 0 Å². The third kappa shape index (κ3) is 9.16. The van der Waals surface area contributed by atoms with E-state index in [1.54, 1.807) is 0 Å². The molecule has 1 nitrogen and oxygen atoms in total. The summed E-state index contributed by atoms with van der Waals surface area (Å²) in [7, 11) is 0. The number of halogens is 1. The van der Waals surface area contributed by atoms with Gasteiger partial charge in [0.15, 0.2) is 0 Å². The van der Waals surface area contributed by atoms with Crippen LogP contribution in [0, 0.1) is 0 Å². The van der Waals surface area contributed by atoms with Crippen LogP contribution in [0.2, 0.25) is 0 Å². The van der Waals surface area contributed by atoms with Crippen LogP contribution in [0.1, 0.15) is 94.2 Å². The van der Waals surface area contributed by atoms with Gasteiger partial charge in [0.25, 0.3) is 0 Å². The highest BCUT2D eigenvalue weighted by molar-refractivity contribution is 9.10. The van der Waals surface area contributed by atoms with Gasteiger partial charge < -0.3 is 4.57 Å². The van der Waals surface area contributed by atoms with Gasteiger partial charge in [-0.3, -0.25) is 0 Å². The minimum Gasteiger partial charge on any atom is -0.309 e. The Kier molecular flexibility index (Phi) is 13.9. The first-order chi connectivity index (χ1) is 46.0. The Balaban J connectivity index is 0.000000118. The number of nitrogens with zero attached hydrogens (tertiary/aromatic N) is 1. The van der Waals surface area contributed by atoms with E-state index in [9.17, 15) is 0 Å². The summed E-state index contributed by atoms with van der Waals surface area (Å²) in [5.41, 5.74) is 20.7. The monoisotopic (exact) mass is 1270 g/mol. The van der Waals surface area contributed by atoms with E-state index in [0.29, 0.717) is 0 Å². The normalized spacial score (nSPS) is 13.5. The molecular formula is C92H72BrN. The highest BCUT2D eigenvalue weighted by Gasteiger charge is 2.38. The lowest BCUT2D eigenvalue weighted by Gasteiger charge is -2.22. The van der Waals surface area contributed by atoms with E-state index in [-0.39, 0.29) is 10.8 Å². The molecule has 0 bridgehead atoms. The van der Waals surface area contributed by atoms with Gasteiger partial charge in [-0.2, -0.15) is 0 Å². The summed E-state index contributed by atoms with van der Waals surface area (Å²) in [6, 6.07) is 103. The molecule has 1 aromatic heterocycles. The zero-order valence-corrected chi connectivity index (χ0v) is 55.8. The summed E-state index contributed by atoms with van der Waals surface area (Å²) in [4.78, 5) is 0. The molecule has 0 unspecified atom stereocenters. The standard InChI is InChI=1S/C43H29N.C34H24.C10H7Br.C5H12/c1-43(2)39-18-10-9-17-33(39)36-23-38-37-22-34-31-15-7-5-13-29(31)30-14-6-8-16-32(30)35(34)24-41(37)44(42(38)25-40(36)43)28-20-19-26-11-3-4-12-27(26)21-28;1-34(2)32-14-8-7-13-26(32)31-19-28-21(17-33(31)34)15-20-16-29-24-11-5-3-9-22(24)23-10-4-6-12-25(23)30(29)18-27(20)28;11-10-6-5-8-3-1-2-4-9(8)7-10;1-3-5-4-2/h3-25H,1-2H3;3-14,16-19H,15H2,1-2H3;1-7H;3-5H2,1-2H3. The maximum Gasteiger partial charge on any atom is 0.0547 e. The fourth-order valence-electron chi connectivity index (χ4n) is 16.5. The van der Waals surface area contributed by atoms with Gasteiger partial charge in [-0.25, -0.2) is 0 Å². The lowest BCUT2D eigenvalue weighted by Crippen LogP contribution is -2.15. The fraction of sp³-hybridized carbons (Fsp3) is 0.130. The van der Waals surface area contributed by atoms with Crippen molar-refractivity contribution in [2.75, 3.05) is 0 Å². The molecule has 0 amide bonds. The number of hydrogen-bond donors (Lipinski definition) is 0. The molecule has 2 heteroatoms. The largest absolute Gasteiger partial charge is 0.309 e. The predicted octanol–water partition coefficient (Wildman–Crippen LogP) is 26.5. The van der Waals surface area contributed by atoms with Crippen molar-refractivity contribution in [3.8, 4) is 39.1 Å². The Morgan fingerprint density at radius 3 is 1.21 bits per heavy atom. The third-order valence-corrected chi connectivity index (χ3v) is 21.7. The van der Waals surface area contributed by atoms with Gasteiger partial charge in [0.05, 0.1) is 11.0 Å². The van der Waals surface area contributed by atoms with Crippen LogP contribution in [0.3, 0.4) is 0 Å². The van der Waals surface area contributed by atoms with Crippen LogP contribution in [-0.2, 0) is 17.3 Å². The minimum absolute atomic E-state index is 0.0485. The van der Waals surface area contributed by atoms with Crippen molar-refractivity contribution in [3.63, 3.8) is 0 Å². The molecule has 17 aromatic rings. The summed E-state index contributed by atoms with van der Waals surface area (Å²) >= 11 is 3.43. The van der Waals surface area contributed by atoms with Gasteiger partial charge in [0.1, 0.15) is 0 Å². The van der Waals surface area contributed by atoms with Crippen LogP contribution < -0.4 is 0 Å². The second kappa shape index (κ2) is 22.6. The second-order valence-corrected chi connectivity index (χ2v) is 28.3. The summed E-state index contributed by atoms with van der Waals surface area (Å²) in [5.74, 6) is 0. The highest BCUT2D eigenvalue weighted by Crippen LogP contribution is 2.55. The molecule has 20 rings (SSSR count). The predicted molar refractivity (Wildman–Crippen MR) is 410 cm³/mol. The van der Waals surface area contributed by atoms with E-state index in [1.165, 1.54) is 200 Å². The van der Waals surface area contributed by atoms with Crippen molar-refractivity contribution in [1.82, 2.24) is 4.57 Å². The molecule has 16 aromatic carbocycles. The van der Waals surface area contributed by atoms with Gasteiger partial charge in [-0.05, 0) is 226 Å². The smallest absolute Gasteiger partial charge is 0.0547 e. The first-order valence-corrected chi connectivity index (χ1v) is 34.5. The maximum absolute atomic E-state index is 3.43. The Labute approximate surface area is 558 Å². The molecule has 0 saturated heterocycles. The molecule has 3 aliphatic carbocycles. The number of fused-ring (bicyclic) bond motifs is 26. The first kappa shape index (κ1) is 57.8. The molecule has 0 fully saturated rings. The molecule has 452 valence electrons. The van der Waals surface area contributed by atoms with Crippen LogP contribution in [0.15, 0.2) is 284 Å². The molecule has 0 aliphatic heterocycles. The van der Waals surface area contributed by atoms with Crippen LogP contribution in [0.4, 0.5) is 0 Å². The van der Waals surface area contributed by atoms with Crippen LogP contribution >= 0.6 is 15.9 Å². The van der Waals surface area contributed by atoms with Crippen molar-refractivity contribution < 1.29 is 0 Å². The molecule has 3 aliphatic rings. The Morgan fingerprint density at radius 1 is 0.287 bits per heavy atom.